The van der Waals surface area contributed by atoms with Crippen molar-refractivity contribution in [3.05, 3.63) is 59.7 Å². The lowest BCUT2D eigenvalue weighted by atomic mass is 9.98. The van der Waals surface area contributed by atoms with E-state index in [1.54, 1.807) is 0 Å². The highest BCUT2D eigenvalue weighted by Crippen LogP contribution is 2.44. The number of amides is 2. The number of ether oxygens (including phenoxy) is 1. The number of hydrogen-bond acceptors (Lipinski definition) is 4. The number of rotatable bonds is 5. The number of aliphatic carboxylic acids is 1. The molecule has 1 saturated carbocycles. The van der Waals surface area contributed by atoms with Crippen molar-refractivity contribution in [2.24, 2.45) is 0 Å². The molecular weight excluding hydrogens is 408 g/mol. The SMILES string of the molecule is O=C(NC1(C(=O)N2CCCC[C@H]2C(=O)O)CC1)OCC1c2ccccc2-c2ccccc21. The van der Waals surface area contributed by atoms with Crippen LogP contribution in [0.5, 0.6) is 0 Å². The van der Waals surface area contributed by atoms with Crippen molar-refractivity contribution in [3.8, 4) is 11.1 Å². The van der Waals surface area contributed by atoms with Crippen LogP contribution in [0.15, 0.2) is 48.5 Å². The highest BCUT2D eigenvalue weighted by atomic mass is 16.5. The van der Waals surface area contributed by atoms with Gasteiger partial charge in [-0.1, -0.05) is 48.5 Å². The van der Waals surface area contributed by atoms with E-state index in [0.717, 1.165) is 35.1 Å². The van der Waals surface area contributed by atoms with Gasteiger partial charge in [-0.05, 0) is 54.4 Å². The highest BCUT2D eigenvalue weighted by Gasteiger charge is 2.55. The summed E-state index contributed by atoms with van der Waals surface area (Å²) < 4.78 is 5.59. The first-order chi connectivity index (χ1) is 15.5. The number of carboxylic acids is 1. The fourth-order valence-corrected chi connectivity index (χ4v) is 5.05. The van der Waals surface area contributed by atoms with Crippen LogP contribution in [0, 0.1) is 0 Å². The molecule has 166 valence electrons. The van der Waals surface area contributed by atoms with Gasteiger partial charge >= 0.3 is 12.1 Å². The predicted octanol–water partition coefficient (Wildman–Crippen LogP) is 3.52. The average molecular weight is 434 g/mol. The maximum absolute atomic E-state index is 13.1. The molecule has 7 heteroatoms. The number of piperidine rings is 1. The molecule has 3 aliphatic rings. The molecule has 32 heavy (non-hydrogen) atoms. The average Bonchev–Trinajstić information content (AvgIpc) is 3.52. The van der Waals surface area contributed by atoms with Gasteiger partial charge < -0.3 is 20.1 Å². The first-order valence-electron chi connectivity index (χ1n) is 11.2. The van der Waals surface area contributed by atoms with Crippen molar-refractivity contribution in [2.75, 3.05) is 13.2 Å². The summed E-state index contributed by atoms with van der Waals surface area (Å²) in [5.74, 6) is -1.36. The minimum absolute atomic E-state index is 0.0579. The fourth-order valence-electron chi connectivity index (χ4n) is 5.05. The van der Waals surface area contributed by atoms with Crippen LogP contribution in [0.25, 0.3) is 11.1 Å². The van der Waals surface area contributed by atoms with Crippen LogP contribution < -0.4 is 5.32 Å². The van der Waals surface area contributed by atoms with Gasteiger partial charge in [0.1, 0.15) is 18.2 Å². The molecule has 2 aromatic rings. The molecule has 7 nitrogen and oxygen atoms in total. The van der Waals surface area contributed by atoms with E-state index in [2.05, 4.69) is 29.6 Å². The summed E-state index contributed by atoms with van der Waals surface area (Å²) in [5, 5.41) is 12.2. The fraction of sp³-hybridized carbons (Fsp3) is 0.400. The molecule has 2 fully saturated rings. The third-order valence-electron chi connectivity index (χ3n) is 6.89. The summed E-state index contributed by atoms with van der Waals surface area (Å²) in [7, 11) is 0. The summed E-state index contributed by atoms with van der Waals surface area (Å²) in [6, 6.07) is 15.4. The van der Waals surface area contributed by atoms with Gasteiger partial charge in [-0.25, -0.2) is 9.59 Å². The molecule has 5 rings (SSSR count). The van der Waals surface area contributed by atoms with Gasteiger partial charge in [0.2, 0.25) is 5.91 Å². The maximum atomic E-state index is 13.1. The minimum Gasteiger partial charge on any atom is -0.480 e. The second-order valence-electron chi connectivity index (χ2n) is 8.88. The molecule has 2 amide bonds. The first kappa shape index (κ1) is 20.5. The van der Waals surface area contributed by atoms with Crippen LogP contribution in [0.1, 0.15) is 49.1 Å². The van der Waals surface area contributed by atoms with Crippen LogP contribution in [0.2, 0.25) is 0 Å². The molecule has 0 bridgehead atoms. The lowest BCUT2D eigenvalue weighted by molar-refractivity contribution is -0.153. The number of nitrogens with zero attached hydrogens (tertiary/aromatic N) is 1. The molecule has 1 atom stereocenters. The molecule has 0 radical (unpaired) electrons. The van der Waals surface area contributed by atoms with E-state index >= 15 is 0 Å². The molecule has 1 heterocycles. The monoisotopic (exact) mass is 434 g/mol. The van der Waals surface area contributed by atoms with Gasteiger partial charge in [0.05, 0.1) is 0 Å². The molecule has 1 aliphatic heterocycles. The van der Waals surface area contributed by atoms with Crippen LogP contribution >= 0.6 is 0 Å². The maximum Gasteiger partial charge on any atom is 0.408 e. The molecule has 2 N–H and O–H groups in total. The van der Waals surface area contributed by atoms with Crippen LogP contribution in [0.4, 0.5) is 4.79 Å². The Hall–Kier alpha value is -3.35. The lowest BCUT2D eigenvalue weighted by Crippen LogP contribution is -2.57. The van der Waals surface area contributed by atoms with Crippen LogP contribution in [-0.4, -0.2) is 52.7 Å². The summed E-state index contributed by atoms with van der Waals surface area (Å²) in [6.45, 7) is 0.579. The number of benzene rings is 2. The zero-order valence-electron chi connectivity index (χ0n) is 17.8. The van der Waals surface area contributed by atoms with Crippen molar-refractivity contribution in [1.82, 2.24) is 10.2 Å². The standard InChI is InChI=1S/C25H26N2O5/c28-22(29)21-11-5-6-14-27(21)23(30)25(12-13-25)26-24(31)32-15-20-18-9-3-1-7-16(18)17-8-2-4-10-19(17)20/h1-4,7-10,20-21H,5-6,11-15H2,(H,26,31)(H,28,29)/t21-/m0/s1. The minimum atomic E-state index is -1.03. The summed E-state index contributed by atoms with van der Waals surface area (Å²) in [6.07, 6.45) is 2.37. The number of carboxylic acid groups (broad SMARTS) is 1. The van der Waals surface area contributed by atoms with Crippen LogP contribution in [0.3, 0.4) is 0 Å². The Labute approximate surface area is 186 Å². The Balaban J connectivity index is 1.26. The molecule has 0 aromatic heterocycles. The van der Waals surface area contributed by atoms with Crippen LogP contribution in [-0.2, 0) is 14.3 Å². The van der Waals surface area contributed by atoms with E-state index in [0.29, 0.717) is 25.8 Å². The van der Waals surface area contributed by atoms with Gasteiger partial charge in [-0.3, -0.25) is 4.79 Å². The van der Waals surface area contributed by atoms with Crippen molar-refractivity contribution in [2.45, 2.75) is 49.6 Å². The molecule has 1 saturated heterocycles. The summed E-state index contributed by atoms with van der Waals surface area (Å²) in [4.78, 5) is 38.8. The Bertz CT molecular complexity index is 1030. The van der Waals surface area contributed by atoms with Crippen molar-refractivity contribution >= 4 is 18.0 Å². The van der Waals surface area contributed by atoms with Gasteiger partial charge in [0, 0.05) is 12.5 Å². The predicted molar refractivity (Wildman–Crippen MR) is 117 cm³/mol. The van der Waals surface area contributed by atoms with E-state index in [-0.39, 0.29) is 18.4 Å². The summed E-state index contributed by atoms with van der Waals surface area (Å²) >= 11 is 0. The number of alkyl carbamates (subject to hydrolysis) is 1. The van der Waals surface area contributed by atoms with E-state index in [1.807, 2.05) is 24.3 Å². The number of carbonyl (C=O) groups is 3. The molecule has 2 aliphatic carbocycles. The number of carbonyl (C=O) groups excluding carboxylic acids is 2. The second kappa shape index (κ2) is 7.97. The molecule has 2 aromatic carbocycles. The molecule has 0 unspecified atom stereocenters. The normalized spacial score (nSPS) is 20.8. The largest absolute Gasteiger partial charge is 0.480 e. The van der Waals surface area contributed by atoms with E-state index in [1.165, 1.54) is 4.90 Å². The van der Waals surface area contributed by atoms with Gasteiger partial charge in [-0.15, -0.1) is 0 Å². The quantitative estimate of drug-likeness (QED) is 0.751. The van der Waals surface area contributed by atoms with E-state index < -0.39 is 23.6 Å². The van der Waals surface area contributed by atoms with Crippen molar-refractivity contribution in [1.29, 1.82) is 0 Å². The van der Waals surface area contributed by atoms with Gasteiger partial charge in [0.25, 0.3) is 0 Å². The smallest absolute Gasteiger partial charge is 0.408 e. The zero-order chi connectivity index (χ0) is 22.3. The Morgan fingerprint density at radius 1 is 1.00 bits per heavy atom. The van der Waals surface area contributed by atoms with E-state index in [4.69, 9.17) is 4.74 Å². The lowest BCUT2D eigenvalue weighted by Gasteiger charge is -2.35. The molecular formula is C25H26N2O5. The number of fused-ring (bicyclic) bond motifs is 3. The Morgan fingerprint density at radius 2 is 1.62 bits per heavy atom. The third-order valence-corrected chi connectivity index (χ3v) is 6.89. The first-order valence-corrected chi connectivity index (χ1v) is 11.2. The second-order valence-corrected chi connectivity index (χ2v) is 8.88. The highest BCUT2D eigenvalue weighted by molar-refractivity contribution is 5.95. The summed E-state index contributed by atoms with van der Waals surface area (Å²) in [5.41, 5.74) is 3.51. The number of hydrogen-bond donors (Lipinski definition) is 2. The third kappa shape index (κ3) is 3.51. The number of likely N-dealkylation sites (tertiary alicyclic amines) is 1. The van der Waals surface area contributed by atoms with E-state index in [9.17, 15) is 19.5 Å². The van der Waals surface area contributed by atoms with Gasteiger partial charge in [-0.2, -0.15) is 0 Å². The number of nitrogens with one attached hydrogen (secondary N) is 1. The molecule has 0 spiro atoms. The Morgan fingerprint density at radius 3 is 2.22 bits per heavy atom. The van der Waals surface area contributed by atoms with Gasteiger partial charge in [0.15, 0.2) is 0 Å². The Kier molecular flexibility index (Phi) is 5.12. The zero-order valence-corrected chi connectivity index (χ0v) is 17.8. The topological polar surface area (TPSA) is 95.9 Å². The van der Waals surface area contributed by atoms with Crippen molar-refractivity contribution in [3.63, 3.8) is 0 Å². The van der Waals surface area contributed by atoms with Crippen molar-refractivity contribution < 1.29 is 24.2 Å².